The van der Waals surface area contributed by atoms with Crippen LogP contribution in [0.4, 0.5) is 0 Å². The highest BCUT2D eigenvalue weighted by molar-refractivity contribution is 9.10. The lowest BCUT2D eigenvalue weighted by atomic mass is 10.0. The monoisotopic (exact) mass is 334 g/mol. The molecule has 0 spiro atoms. The number of hydrogen-bond acceptors (Lipinski definition) is 3. The third-order valence-electron chi connectivity index (χ3n) is 3.37. The van der Waals surface area contributed by atoms with Gasteiger partial charge >= 0.3 is 0 Å². The van der Waals surface area contributed by atoms with E-state index in [9.17, 15) is 0 Å². The first kappa shape index (κ1) is 15.0. The molecule has 4 heteroatoms. The number of halogens is 1. The summed E-state index contributed by atoms with van der Waals surface area (Å²) in [4.78, 5) is 9.06. The minimum Gasteiger partial charge on any atom is -0.496 e. The van der Waals surface area contributed by atoms with Gasteiger partial charge in [0, 0.05) is 12.0 Å². The lowest BCUT2D eigenvalue weighted by Gasteiger charge is -2.14. The van der Waals surface area contributed by atoms with E-state index in [1.807, 2.05) is 6.07 Å². The van der Waals surface area contributed by atoms with Crippen LogP contribution in [0.25, 0.3) is 11.3 Å². The molecular formula is C16H19BrN2O. The van der Waals surface area contributed by atoms with Gasteiger partial charge in [0.25, 0.3) is 0 Å². The van der Waals surface area contributed by atoms with Gasteiger partial charge in [0.05, 0.1) is 12.8 Å². The maximum Gasteiger partial charge on any atom is 0.131 e. The first-order chi connectivity index (χ1) is 9.56. The predicted octanol–water partition coefficient (Wildman–Crippen LogP) is 4.48. The molecule has 0 fully saturated rings. The first-order valence-corrected chi connectivity index (χ1v) is 7.54. The van der Waals surface area contributed by atoms with Crippen molar-refractivity contribution >= 4 is 15.9 Å². The Balaban J connectivity index is 2.59. The predicted molar refractivity (Wildman–Crippen MR) is 85.2 cm³/mol. The van der Waals surface area contributed by atoms with Crippen LogP contribution in [-0.4, -0.2) is 17.1 Å². The molecule has 0 bridgehead atoms. The lowest BCUT2D eigenvalue weighted by molar-refractivity contribution is 0.413. The van der Waals surface area contributed by atoms with E-state index < -0.39 is 0 Å². The number of nitrogens with zero attached hydrogens (tertiary/aromatic N) is 2. The largest absolute Gasteiger partial charge is 0.496 e. The molecule has 20 heavy (non-hydrogen) atoms. The number of rotatable bonds is 4. The third-order valence-corrected chi connectivity index (χ3v) is 3.78. The maximum absolute atomic E-state index is 5.58. The Bertz CT molecular complexity index is 626. The molecular weight excluding hydrogens is 316 g/mol. The van der Waals surface area contributed by atoms with Gasteiger partial charge in [-0.2, -0.15) is 0 Å². The molecule has 106 valence electrons. The Hall–Kier alpha value is -1.42. The minimum atomic E-state index is 0.811. The van der Waals surface area contributed by atoms with Crippen LogP contribution in [0.2, 0.25) is 0 Å². The lowest BCUT2D eigenvalue weighted by Crippen LogP contribution is -2.00. The fourth-order valence-corrected chi connectivity index (χ4v) is 2.61. The van der Waals surface area contributed by atoms with Crippen molar-refractivity contribution in [1.29, 1.82) is 0 Å². The summed E-state index contributed by atoms with van der Waals surface area (Å²) in [5.41, 5.74) is 4.27. The van der Waals surface area contributed by atoms with E-state index in [1.54, 1.807) is 7.11 Å². The van der Waals surface area contributed by atoms with Crippen molar-refractivity contribution in [2.24, 2.45) is 0 Å². The molecule has 2 rings (SSSR count). The Labute approximate surface area is 128 Å². The van der Waals surface area contributed by atoms with Crippen LogP contribution in [0.15, 0.2) is 22.8 Å². The zero-order valence-corrected chi connectivity index (χ0v) is 13.9. The molecule has 0 N–H and O–H groups in total. The highest BCUT2D eigenvalue weighted by Gasteiger charge is 2.13. The first-order valence-electron chi connectivity index (χ1n) is 6.74. The molecule has 1 aromatic heterocycles. The topological polar surface area (TPSA) is 35.0 Å². The molecule has 1 aromatic carbocycles. The van der Waals surface area contributed by atoms with Gasteiger partial charge < -0.3 is 4.74 Å². The summed E-state index contributed by atoms with van der Waals surface area (Å²) in [5.74, 6) is 1.75. The Morgan fingerprint density at radius 1 is 1.20 bits per heavy atom. The van der Waals surface area contributed by atoms with Crippen LogP contribution in [0, 0.1) is 13.8 Å². The molecule has 0 radical (unpaired) electrons. The van der Waals surface area contributed by atoms with Crippen LogP contribution in [0.3, 0.4) is 0 Å². The van der Waals surface area contributed by atoms with Gasteiger partial charge in [0.2, 0.25) is 0 Å². The van der Waals surface area contributed by atoms with E-state index in [0.717, 1.165) is 45.8 Å². The molecule has 0 aliphatic carbocycles. The molecule has 0 saturated heterocycles. The molecule has 1 heterocycles. The number of ether oxygens (including phenoxy) is 1. The molecule has 0 aliphatic rings. The SMILES string of the molecule is CCCc1nc(Br)cc(-c2ccc(C)c(C)c2OC)n1. The van der Waals surface area contributed by atoms with Crippen molar-refractivity contribution in [3.05, 3.63) is 39.8 Å². The Morgan fingerprint density at radius 3 is 2.60 bits per heavy atom. The Kier molecular flexibility index (Phi) is 4.76. The van der Waals surface area contributed by atoms with E-state index >= 15 is 0 Å². The van der Waals surface area contributed by atoms with E-state index in [-0.39, 0.29) is 0 Å². The highest BCUT2D eigenvalue weighted by Crippen LogP contribution is 2.34. The van der Waals surface area contributed by atoms with Crippen LogP contribution < -0.4 is 4.74 Å². The van der Waals surface area contributed by atoms with Gasteiger partial charge in [-0.1, -0.05) is 13.0 Å². The summed E-state index contributed by atoms with van der Waals surface area (Å²) < 4.78 is 6.39. The van der Waals surface area contributed by atoms with Gasteiger partial charge in [-0.3, -0.25) is 0 Å². The van der Waals surface area contributed by atoms with Gasteiger partial charge in [0.1, 0.15) is 16.2 Å². The van der Waals surface area contributed by atoms with Crippen molar-refractivity contribution in [2.45, 2.75) is 33.6 Å². The second kappa shape index (κ2) is 6.35. The van der Waals surface area contributed by atoms with Crippen molar-refractivity contribution < 1.29 is 4.74 Å². The smallest absolute Gasteiger partial charge is 0.131 e. The molecule has 0 aliphatic heterocycles. The van der Waals surface area contributed by atoms with Gasteiger partial charge in [-0.05, 0) is 59.5 Å². The van der Waals surface area contributed by atoms with E-state index in [4.69, 9.17) is 4.74 Å². The van der Waals surface area contributed by atoms with Gasteiger partial charge in [0.15, 0.2) is 0 Å². The highest BCUT2D eigenvalue weighted by atomic mass is 79.9. The minimum absolute atomic E-state index is 0.811. The summed E-state index contributed by atoms with van der Waals surface area (Å²) in [6.07, 6.45) is 1.90. The molecule has 0 unspecified atom stereocenters. The zero-order valence-electron chi connectivity index (χ0n) is 12.3. The maximum atomic E-state index is 5.58. The van der Waals surface area contributed by atoms with Crippen molar-refractivity contribution in [2.75, 3.05) is 7.11 Å². The normalized spacial score (nSPS) is 10.7. The second-order valence-corrected chi connectivity index (χ2v) is 5.64. The van der Waals surface area contributed by atoms with Crippen LogP contribution in [0.1, 0.15) is 30.3 Å². The summed E-state index contributed by atoms with van der Waals surface area (Å²) >= 11 is 3.47. The van der Waals surface area contributed by atoms with Crippen LogP contribution >= 0.6 is 15.9 Å². The third kappa shape index (κ3) is 3.01. The molecule has 2 aromatic rings. The number of benzene rings is 1. The summed E-state index contributed by atoms with van der Waals surface area (Å²) in [7, 11) is 1.70. The van der Waals surface area contributed by atoms with E-state index in [1.165, 1.54) is 5.56 Å². The fraction of sp³-hybridized carbons (Fsp3) is 0.375. The summed E-state index contributed by atoms with van der Waals surface area (Å²) in [6, 6.07) is 6.10. The molecule has 3 nitrogen and oxygen atoms in total. The number of aryl methyl sites for hydroxylation is 2. The fourth-order valence-electron chi connectivity index (χ4n) is 2.19. The van der Waals surface area contributed by atoms with Crippen molar-refractivity contribution in [3.63, 3.8) is 0 Å². The van der Waals surface area contributed by atoms with E-state index in [0.29, 0.717) is 0 Å². The number of methoxy groups -OCH3 is 1. The molecule has 0 atom stereocenters. The quantitative estimate of drug-likeness (QED) is 0.773. The average Bonchev–Trinajstić information content (AvgIpc) is 2.41. The molecule has 0 amide bonds. The summed E-state index contributed by atoms with van der Waals surface area (Å²) in [5, 5.41) is 0. The van der Waals surface area contributed by atoms with Gasteiger partial charge in [-0.25, -0.2) is 9.97 Å². The summed E-state index contributed by atoms with van der Waals surface area (Å²) in [6.45, 7) is 6.28. The number of hydrogen-bond donors (Lipinski definition) is 0. The van der Waals surface area contributed by atoms with Crippen LogP contribution in [-0.2, 0) is 6.42 Å². The zero-order chi connectivity index (χ0) is 14.7. The van der Waals surface area contributed by atoms with Crippen molar-refractivity contribution in [1.82, 2.24) is 9.97 Å². The average molecular weight is 335 g/mol. The van der Waals surface area contributed by atoms with E-state index in [2.05, 4.69) is 58.8 Å². The Morgan fingerprint density at radius 2 is 1.95 bits per heavy atom. The van der Waals surface area contributed by atoms with Crippen LogP contribution in [0.5, 0.6) is 5.75 Å². The molecule has 0 saturated carbocycles. The van der Waals surface area contributed by atoms with Crippen molar-refractivity contribution in [3.8, 4) is 17.0 Å². The standard InChI is InChI=1S/C16H19BrN2O/c1-5-6-15-18-13(9-14(17)19-15)12-8-7-10(2)11(3)16(12)20-4/h7-9H,5-6H2,1-4H3. The number of aromatic nitrogens is 2. The second-order valence-electron chi connectivity index (χ2n) is 4.83. The van der Waals surface area contributed by atoms with Gasteiger partial charge in [-0.15, -0.1) is 0 Å².